The maximum Gasteiger partial charge on any atom is 0.191 e. The molecule has 22 heavy (non-hydrogen) atoms. The van der Waals surface area contributed by atoms with Gasteiger partial charge >= 0.3 is 0 Å². The summed E-state index contributed by atoms with van der Waals surface area (Å²) in [5, 5.41) is 5.88. The predicted octanol–water partition coefficient (Wildman–Crippen LogP) is 0.803. The summed E-state index contributed by atoms with van der Waals surface area (Å²) in [6.07, 6.45) is 0.889. The summed E-state index contributed by atoms with van der Waals surface area (Å²) >= 11 is 0. The smallest absolute Gasteiger partial charge is 0.191 e. The third kappa shape index (κ3) is 7.26. The molecule has 2 N–H and O–H groups in total. The lowest BCUT2D eigenvalue weighted by atomic mass is 10.3. The van der Waals surface area contributed by atoms with Gasteiger partial charge in [-0.3, -0.25) is 4.99 Å². The van der Waals surface area contributed by atoms with Crippen molar-refractivity contribution in [2.75, 3.05) is 32.1 Å². The molecule has 1 rings (SSSR count). The number of nitrogens with zero attached hydrogens (tertiary/aromatic N) is 1. The minimum absolute atomic E-state index is 0.0228. The molecule has 0 heterocycles. The molecule has 0 saturated heterocycles. The van der Waals surface area contributed by atoms with Crippen molar-refractivity contribution < 1.29 is 17.5 Å². The van der Waals surface area contributed by atoms with E-state index in [1.165, 1.54) is 12.3 Å². The van der Waals surface area contributed by atoms with Crippen LogP contribution in [-0.2, 0) is 9.84 Å². The van der Waals surface area contributed by atoms with E-state index in [9.17, 15) is 12.8 Å². The van der Waals surface area contributed by atoms with Crippen LogP contribution in [0.2, 0.25) is 0 Å². The molecule has 1 aromatic carbocycles. The molecule has 1 unspecified atom stereocenters. The molecule has 0 fully saturated rings. The first-order valence-corrected chi connectivity index (χ1v) is 8.91. The number of hydrogen-bond donors (Lipinski definition) is 2. The van der Waals surface area contributed by atoms with Crippen LogP contribution in [0.15, 0.2) is 29.3 Å². The Morgan fingerprint density at radius 1 is 1.36 bits per heavy atom. The Hall–Kier alpha value is -1.83. The molecule has 0 aliphatic rings. The lowest BCUT2D eigenvalue weighted by molar-refractivity contribution is 0.214. The summed E-state index contributed by atoms with van der Waals surface area (Å²) < 4.78 is 41.0. The lowest BCUT2D eigenvalue weighted by Crippen LogP contribution is -2.43. The van der Waals surface area contributed by atoms with Crippen LogP contribution < -0.4 is 15.4 Å². The van der Waals surface area contributed by atoms with E-state index in [1.807, 2.05) is 0 Å². The van der Waals surface area contributed by atoms with Gasteiger partial charge in [0.1, 0.15) is 15.9 Å². The maximum absolute atomic E-state index is 13.5. The first-order chi connectivity index (χ1) is 10.3. The van der Waals surface area contributed by atoms with E-state index in [-0.39, 0.29) is 24.2 Å². The monoisotopic (exact) mass is 331 g/mol. The van der Waals surface area contributed by atoms with Gasteiger partial charge < -0.3 is 15.4 Å². The number of sulfone groups is 1. The molecule has 6 nitrogen and oxygen atoms in total. The molecule has 0 radical (unpaired) electrons. The van der Waals surface area contributed by atoms with Crippen LogP contribution in [0, 0.1) is 5.82 Å². The fourth-order valence-corrected chi connectivity index (χ4v) is 2.09. The Morgan fingerprint density at radius 2 is 2.05 bits per heavy atom. The van der Waals surface area contributed by atoms with Gasteiger partial charge in [0.25, 0.3) is 0 Å². The fraction of sp³-hybridized carbons (Fsp3) is 0.500. The zero-order valence-electron chi connectivity index (χ0n) is 13.0. The highest BCUT2D eigenvalue weighted by molar-refractivity contribution is 7.90. The van der Waals surface area contributed by atoms with E-state index in [0.29, 0.717) is 12.5 Å². The molecule has 0 bridgehead atoms. The molecule has 124 valence electrons. The van der Waals surface area contributed by atoms with Crippen molar-refractivity contribution in [2.45, 2.75) is 13.0 Å². The van der Waals surface area contributed by atoms with E-state index in [2.05, 4.69) is 15.6 Å². The van der Waals surface area contributed by atoms with Crippen LogP contribution in [0.25, 0.3) is 0 Å². The summed E-state index contributed by atoms with van der Waals surface area (Å²) in [6.45, 7) is 2.46. The Labute approximate surface area is 130 Å². The topological polar surface area (TPSA) is 79.8 Å². The van der Waals surface area contributed by atoms with Crippen molar-refractivity contribution in [3.8, 4) is 5.75 Å². The van der Waals surface area contributed by atoms with Crippen LogP contribution in [0.4, 0.5) is 4.39 Å². The van der Waals surface area contributed by atoms with Crippen LogP contribution in [-0.4, -0.2) is 52.6 Å². The van der Waals surface area contributed by atoms with Crippen molar-refractivity contribution in [3.05, 3.63) is 30.1 Å². The number of ether oxygens (including phenoxy) is 1. The van der Waals surface area contributed by atoms with Crippen LogP contribution >= 0.6 is 0 Å². The first-order valence-electron chi connectivity index (χ1n) is 6.85. The van der Waals surface area contributed by atoms with Gasteiger partial charge in [0, 0.05) is 19.8 Å². The number of benzene rings is 1. The van der Waals surface area contributed by atoms with Gasteiger partial charge in [-0.25, -0.2) is 12.8 Å². The standard InChI is InChI=1S/C14H22FN3O3S/c1-11(21-13-7-5-4-6-12(13)15)10-18-14(16-2)17-8-9-22(3,19)20/h4-7,11H,8-10H2,1-3H3,(H2,16,17,18). The Kier molecular flexibility index (Phi) is 7.10. The average molecular weight is 331 g/mol. The SMILES string of the molecule is CN=C(NCCS(C)(=O)=O)NCC(C)Oc1ccccc1F. The van der Waals surface area contributed by atoms with Crippen molar-refractivity contribution in [1.82, 2.24) is 10.6 Å². The maximum atomic E-state index is 13.5. The molecule has 0 spiro atoms. The molecule has 0 aliphatic carbocycles. The van der Waals surface area contributed by atoms with Crippen LogP contribution in [0.3, 0.4) is 0 Å². The van der Waals surface area contributed by atoms with Crippen molar-refractivity contribution in [3.63, 3.8) is 0 Å². The second kappa shape index (κ2) is 8.57. The van der Waals surface area contributed by atoms with Crippen molar-refractivity contribution >= 4 is 15.8 Å². The highest BCUT2D eigenvalue weighted by Crippen LogP contribution is 2.16. The van der Waals surface area contributed by atoms with Crippen LogP contribution in [0.5, 0.6) is 5.75 Å². The molecule has 8 heteroatoms. The number of halogens is 1. The number of aliphatic imine (C=N–C) groups is 1. The highest BCUT2D eigenvalue weighted by Gasteiger charge is 2.09. The van der Waals surface area contributed by atoms with E-state index in [1.54, 1.807) is 32.2 Å². The zero-order chi connectivity index (χ0) is 16.6. The third-order valence-corrected chi connectivity index (χ3v) is 3.66. The summed E-state index contributed by atoms with van der Waals surface area (Å²) in [5.41, 5.74) is 0. The highest BCUT2D eigenvalue weighted by atomic mass is 32.2. The molecule has 0 aliphatic heterocycles. The molecular weight excluding hydrogens is 309 g/mol. The van der Waals surface area contributed by atoms with Gasteiger partial charge in [0.2, 0.25) is 0 Å². The van der Waals surface area contributed by atoms with E-state index in [4.69, 9.17) is 4.74 Å². The minimum atomic E-state index is -3.02. The molecule has 0 amide bonds. The van der Waals surface area contributed by atoms with Gasteiger partial charge in [0.05, 0.1) is 12.3 Å². The molecule has 1 atom stereocenters. The first kappa shape index (κ1) is 18.2. The summed E-state index contributed by atoms with van der Waals surface area (Å²) in [4.78, 5) is 3.97. The van der Waals surface area contributed by atoms with E-state index >= 15 is 0 Å². The van der Waals surface area contributed by atoms with E-state index < -0.39 is 15.7 Å². The lowest BCUT2D eigenvalue weighted by Gasteiger charge is -2.18. The Balaban J connectivity index is 2.38. The van der Waals surface area contributed by atoms with Crippen LogP contribution in [0.1, 0.15) is 6.92 Å². The van der Waals surface area contributed by atoms with Gasteiger partial charge in [-0.1, -0.05) is 12.1 Å². The number of rotatable bonds is 7. The van der Waals surface area contributed by atoms with Gasteiger partial charge in [-0.15, -0.1) is 0 Å². The van der Waals surface area contributed by atoms with E-state index in [0.717, 1.165) is 0 Å². The molecule has 1 aromatic rings. The van der Waals surface area contributed by atoms with Gasteiger partial charge in [-0.2, -0.15) is 0 Å². The Morgan fingerprint density at radius 3 is 2.64 bits per heavy atom. The van der Waals surface area contributed by atoms with Gasteiger partial charge in [0.15, 0.2) is 17.5 Å². The van der Waals surface area contributed by atoms with Crippen molar-refractivity contribution in [2.24, 2.45) is 4.99 Å². The number of para-hydroxylation sites is 1. The summed E-state index contributed by atoms with van der Waals surface area (Å²) in [5.74, 6) is 0.268. The fourth-order valence-electron chi connectivity index (χ4n) is 1.61. The Bertz CT molecular complexity index is 605. The second-order valence-electron chi connectivity index (χ2n) is 4.87. The molecular formula is C14H22FN3O3S. The van der Waals surface area contributed by atoms with Crippen molar-refractivity contribution in [1.29, 1.82) is 0 Å². The zero-order valence-corrected chi connectivity index (χ0v) is 13.8. The predicted molar refractivity (Wildman–Crippen MR) is 85.6 cm³/mol. The second-order valence-corrected chi connectivity index (χ2v) is 7.13. The molecule has 0 aromatic heterocycles. The van der Waals surface area contributed by atoms with Gasteiger partial charge in [-0.05, 0) is 19.1 Å². The number of nitrogens with one attached hydrogen (secondary N) is 2. The molecule has 0 saturated carbocycles. The quantitative estimate of drug-likeness (QED) is 0.571. The normalized spacial score (nSPS) is 13.5. The summed E-state index contributed by atoms with van der Waals surface area (Å²) in [7, 11) is -1.43. The average Bonchev–Trinajstić information content (AvgIpc) is 2.44. The summed E-state index contributed by atoms with van der Waals surface area (Å²) in [6, 6.07) is 6.19. The minimum Gasteiger partial charge on any atom is -0.486 e. The third-order valence-electron chi connectivity index (χ3n) is 2.71. The number of guanidine groups is 1. The number of hydrogen-bond acceptors (Lipinski definition) is 4. The largest absolute Gasteiger partial charge is 0.486 e.